The Balaban J connectivity index is 2.35. The van der Waals surface area contributed by atoms with Crippen molar-refractivity contribution in [3.05, 3.63) is 72.9 Å². The fraction of sp³-hybridized carbons (Fsp3) is 0.772. The molecule has 0 aromatic heterocycles. The molecule has 0 radical (unpaired) electrons. The van der Waals surface area contributed by atoms with Crippen LogP contribution in [0.3, 0.4) is 0 Å². The number of allylic oxidation sites excluding steroid dienone is 12. The summed E-state index contributed by atoms with van der Waals surface area (Å²) < 4.78 is 59.4. The first-order chi connectivity index (χ1) is 34.1. The molecule has 406 valence electrons. The van der Waals surface area contributed by atoms with Crippen molar-refractivity contribution in [3.8, 4) is 0 Å². The summed E-state index contributed by atoms with van der Waals surface area (Å²) >= 11 is 0. The lowest BCUT2D eigenvalue weighted by atomic mass is 9.99. The molecule has 0 aromatic rings. The second-order valence-corrected chi connectivity index (χ2v) is 19.8. The average Bonchev–Trinajstić information content (AvgIpc) is 3.34. The van der Waals surface area contributed by atoms with Crippen LogP contribution in [0.25, 0.3) is 0 Å². The summed E-state index contributed by atoms with van der Waals surface area (Å²) in [6.45, 7) is 3.86. The van der Waals surface area contributed by atoms with Crippen molar-refractivity contribution in [2.75, 3.05) is 26.4 Å². The Morgan fingerprint density at radius 1 is 0.557 bits per heavy atom. The summed E-state index contributed by atoms with van der Waals surface area (Å²) in [5, 5.41) is 30.8. The number of rotatable bonds is 48. The summed E-state index contributed by atoms with van der Waals surface area (Å²) in [6, 6.07) is 0. The molecule has 1 fully saturated rings. The van der Waals surface area contributed by atoms with E-state index < -0.39 is 59.8 Å². The lowest BCUT2D eigenvalue weighted by Gasteiger charge is -2.41. The molecule has 0 amide bonds. The first-order valence-electron chi connectivity index (χ1n) is 27.7. The van der Waals surface area contributed by atoms with Crippen LogP contribution in [0.15, 0.2) is 72.9 Å². The standard InChI is InChI=1S/C57H100O12S/c1-3-5-7-9-11-13-15-17-19-21-23-24-25-26-27-29-31-33-35-37-39-41-43-45-47-65-49-51(50-66-57-55(61)56(69-70(62,63)64)54(60)52(48-58)68-57)67-53(59)46-44-42-40-38-36-34-32-30-28-22-20-18-16-14-12-10-8-6-4-2/h5,7,11,13,17,19,23-24,26-27,31,33,51-52,54-58,60-61H,3-4,6,8-10,12,14-16,18,20-22,25,28-30,32,34-50H2,1-2H3,(H,62,63,64)/b7-5-,13-11-,19-17-,24-23-,27-26-,33-31-. The minimum absolute atomic E-state index is 0.0213. The van der Waals surface area contributed by atoms with E-state index in [2.05, 4.69) is 90.9 Å². The van der Waals surface area contributed by atoms with Gasteiger partial charge in [0.05, 0.1) is 19.8 Å². The SMILES string of the molecule is CC/C=C\C/C=C\C/C=C\C/C=C\C/C=C\C/C=C\CCCCCCCOCC(COC1OC(CO)C(O)C(OS(=O)(=O)O)C1O)OC(=O)CCCCCCCCCCCCCCCCCCCCC. The monoisotopic (exact) mass is 1010 g/mol. The molecule has 6 unspecified atom stereocenters. The van der Waals surface area contributed by atoms with Gasteiger partial charge in [-0.25, -0.2) is 4.18 Å². The Bertz CT molecular complexity index is 1490. The molecule has 1 aliphatic heterocycles. The normalized spacial score (nSPS) is 19.7. The highest BCUT2D eigenvalue weighted by atomic mass is 32.3. The van der Waals surface area contributed by atoms with Crippen molar-refractivity contribution in [2.24, 2.45) is 0 Å². The molecule has 0 spiro atoms. The lowest BCUT2D eigenvalue weighted by Crippen LogP contribution is -2.60. The number of hydrogen-bond acceptors (Lipinski definition) is 11. The third kappa shape index (κ3) is 40.1. The summed E-state index contributed by atoms with van der Waals surface area (Å²) in [6.07, 6.45) is 53.6. The van der Waals surface area contributed by atoms with Crippen LogP contribution < -0.4 is 0 Å². The van der Waals surface area contributed by atoms with E-state index in [4.69, 9.17) is 18.9 Å². The highest BCUT2D eigenvalue weighted by Gasteiger charge is 2.48. The lowest BCUT2D eigenvalue weighted by molar-refractivity contribution is -0.301. The van der Waals surface area contributed by atoms with Crippen LogP contribution in [0.5, 0.6) is 0 Å². The van der Waals surface area contributed by atoms with Gasteiger partial charge in [0.25, 0.3) is 0 Å². The van der Waals surface area contributed by atoms with Gasteiger partial charge in [0.2, 0.25) is 0 Å². The Hall–Kier alpha value is -2.46. The van der Waals surface area contributed by atoms with E-state index in [0.29, 0.717) is 13.0 Å². The van der Waals surface area contributed by atoms with Crippen LogP contribution in [-0.4, -0.2) is 97.5 Å². The zero-order valence-corrected chi connectivity index (χ0v) is 44.6. The van der Waals surface area contributed by atoms with E-state index in [9.17, 15) is 33.1 Å². The van der Waals surface area contributed by atoms with Gasteiger partial charge in [-0.3, -0.25) is 9.35 Å². The average molecular weight is 1010 g/mol. The molecule has 0 aromatic carbocycles. The highest BCUT2D eigenvalue weighted by Crippen LogP contribution is 2.26. The Kier molecular flexibility index (Phi) is 44.5. The topological polar surface area (TPSA) is 178 Å². The van der Waals surface area contributed by atoms with Gasteiger partial charge in [0.1, 0.15) is 30.5 Å². The van der Waals surface area contributed by atoms with E-state index in [1.54, 1.807) is 0 Å². The summed E-state index contributed by atoms with van der Waals surface area (Å²) in [5.41, 5.74) is 0. The van der Waals surface area contributed by atoms with Gasteiger partial charge in [-0.05, 0) is 64.2 Å². The van der Waals surface area contributed by atoms with Gasteiger partial charge in [-0.15, -0.1) is 0 Å². The maximum atomic E-state index is 12.9. The van der Waals surface area contributed by atoms with Crippen molar-refractivity contribution < 1.29 is 56.2 Å². The zero-order chi connectivity index (χ0) is 51.0. The second kappa shape index (κ2) is 47.5. The first kappa shape index (κ1) is 65.6. The third-order valence-corrected chi connectivity index (χ3v) is 12.8. The molecule has 1 heterocycles. The fourth-order valence-corrected chi connectivity index (χ4v) is 8.72. The molecule has 1 saturated heterocycles. The van der Waals surface area contributed by atoms with E-state index in [1.165, 1.54) is 96.3 Å². The predicted octanol–water partition coefficient (Wildman–Crippen LogP) is 13.4. The molecular formula is C57H100O12S. The van der Waals surface area contributed by atoms with Crippen LogP contribution in [0.4, 0.5) is 0 Å². The first-order valence-corrected chi connectivity index (χ1v) is 29.1. The predicted molar refractivity (Wildman–Crippen MR) is 285 cm³/mol. The van der Waals surface area contributed by atoms with Crippen LogP contribution in [-0.2, 0) is 38.3 Å². The van der Waals surface area contributed by atoms with Crippen molar-refractivity contribution in [2.45, 2.75) is 256 Å². The van der Waals surface area contributed by atoms with Gasteiger partial charge in [0, 0.05) is 13.0 Å². The minimum Gasteiger partial charge on any atom is -0.457 e. The van der Waals surface area contributed by atoms with Gasteiger partial charge in [0.15, 0.2) is 6.29 Å². The molecule has 6 atom stereocenters. The van der Waals surface area contributed by atoms with Gasteiger partial charge < -0.3 is 34.3 Å². The molecule has 70 heavy (non-hydrogen) atoms. The molecule has 4 N–H and O–H groups in total. The second-order valence-electron chi connectivity index (χ2n) is 18.8. The van der Waals surface area contributed by atoms with Crippen molar-refractivity contribution >= 4 is 16.4 Å². The Morgan fingerprint density at radius 3 is 1.44 bits per heavy atom. The number of unbranched alkanes of at least 4 members (excludes halogenated alkanes) is 23. The third-order valence-electron chi connectivity index (χ3n) is 12.3. The Labute approximate surface area is 426 Å². The zero-order valence-electron chi connectivity index (χ0n) is 43.8. The van der Waals surface area contributed by atoms with E-state index in [1.807, 2.05) is 0 Å². The molecule has 1 aliphatic rings. The molecule has 0 bridgehead atoms. The largest absolute Gasteiger partial charge is 0.457 e. The Morgan fingerprint density at radius 2 is 0.986 bits per heavy atom. The molecule has 13 heteroatoms. The number of esters is 1. The number of carbonyl (C=O) groups excluding carboxylic acids is 1. The smallest absolute Gasteiger partial charge is 0.397 e. The quantitative estimate of drug-likeness (QED) is 0.0197. The van der Waals surface area contributed by atoms with Crippen molar-refractivity contribution in [3.63, 3.8) is 0 Å². The highest BCUT2D eigenvalue weighted by molar-refractivity contribution is 7.80. The van der Waals surface area contributed by atoms with E-state index in [0.717, 1.165) is 96.3 Å². The van der Waals surface area contributed by atoms with E-state index in [-0.39, 0.29) is 19.6 Å². The van der Waals surface area contributed by atoms with Gasteiger partial charge in [-0.1, -0.05) is 222 Å². The summed E-state index contributed by atoms with van der Waals surface area (Å²) in [4.78, 5) is 12.9. The van der Waals surface area contributed by atoms with E-state index >= 15 is 0 Å². The summed E-state index contributed by atoms with van der Waals surface area (Å²) in [5.74, 6) is -0.405. The summed E-state index contributed by atoms with van der Waals surface area (Å²) in [7, 11) is -5.07. The fourth-order valence-electron chi connectivity index (χ4n) is 8.21. The molecule has 12 nitrogen and oxygen atoms in total. The van der Waals surface area contributed by atoms with Gasteiger partial charge >= 0.3 is 16.4 Å². The van der Waals surface area contributed by atoms with Crippen LogP contribution in [0.2, 0.25) is 0 Å². The molecule has 0 aliphatic carbocycles. The molecule has 0 saturated carbocycles. The number of ether oxygens (including phenoxy) is 4. The number of hydrogen-bond donors (Lipinski definition) is 4. The minimum atomic E-state index is -5.07. The van der Waals surface area contributed by atoms with Crippen LogP contribution in [0, 0.1) is 0 Å². The number of carbonyl (C=O) groups is 1. The van der Waals surface area contributed by atoms with Gasteiger partial charge in [-0.2, -0.15) is 8.42 Å². The maximum Gasteiger partial charge on any atom is 0.397 e. The molecule has 1 rings (SSSR count). The van der Waals surface area contributed by atoms with Crippen molar-refractivity contribution in [1.82, 2.24) is 0 Å². The van der Waals surface area contributed by atoms with Crippen LogP contribution in [0.1, 0.15) is 219 Å². The maximum absolute atomic E-state index is 12.9. The van der Waals surface area contributed by atoms with Crippen LogP contribution >= 0.6 is 0 Å². The number of aliphatic hydroxyl groups is 3. The van der Waals surface area contributed by atoms with Crippen molar-refractivity contribution in [1.29, 1.82) is 0 Å². The number of aliphatic hydroxyl groups excluding tert-OH is 3. The molecular weight excluding hydrogens is 909 g/mol.